The molecule has 0 atom stereocenters. The number of rotatable bonds is 1. The van der Waals surface area contributed by atoms with Crippen LogP contribution >= 0.6 is 0 Å². The fraction of sp³-hybridized carbons (Fsp3) is 0.250. The fourth-order valence-corrected chi connectivity index (χ4v) is 2.48. The molecule has 2 aromatic rings. The molecule has 0 amide bonds. The van der Waals surface area contributed by atoms with Crippen molar-refractivity contribution in [2.45, 2.75) is 19.8 Å². The van der Waals surface area contributed by atoms with Crippen LogP contribution in [0.3, 0.4) is 0 Å². The molecule has 0 unspecified atom stereocenters. The number of hydrogen-bond acceptors (Lipinski definition) is 2. The van der Waals surface area contributed by atoms with E-state index >= 15 is 0 Å². The van der Waals surface area contributed by atoms with Crippen molar-refractivity contribution in [2.75, 3.05) is 12.3 Å². The Hall–Kier alpha value is -1.96. The average Bonchev–Trinajstić information content (AvgIpc) is 2.41. The van der Waals surface area contributed by atoms with E-state index in [9.17, 15) is 0 Å². The van der Waals surface area contributed by atoms with Crippen molar-refractivity contribution in [1.82, 2.24) is 0 Å². The number of hydrogen-bond donors (Lipinski definition) is 1. The minimum Gasteiger partial charge on any atom is -0.493 e. The van der Waals surface area contributed by atoms with Crippen molar-refractivity contribution in [1.29, 1.82) is 0 Å². The highest BCUT2D eigenvalue weighted by Gasteiger charge is 2.12. The smallest absolute Gasteiger partial charge is 0.122 e. The SMILES string of the molecule is Cc1ccc(N)cc1-c1ccc2c(c1)CCCO2. The monoisotopic (exact) mass is 239 g/mol. The lowest BCUT2D eigenvalue weighted by atomic mass is 9.96. The predicted molar refractivity (Wildman–Crippen MR) is 74.8 cm³/mol. The van der Waals surface area contributed by atoms with Gasteiger partial charge in [-0.05, 0) is 66.3 Å². The summed E-state index contributed by atoms with van der Waals surface area (Å²) in [7, 11) is 0. The highest BCUT2D eigenvalue weighted by Crippen LogP contribution is 2.32. The summed E-state index contributed by atoms with van der Waals surface area (Å²) in [5.74, 6) is 1.03. The number of benzene rings is 2. The summed E-state index contributed by atoms with van der Waals surface area (Å²) in [6.45, 7) is 2.95. The summed E-state index contributed by atoms with van der Waals surface area (Å²) < 4.78 is 5.64. The number of ether oxygens (including phenoxy) is 1. The summed E-state index contributed by atoms with van der Waals surface area (Å²) in [5.41, 5.74) is 11.7. The Balaban J connectivity index is 2.09. The maximum absolute atomic E-state index is 5.88. The van der Waals surface area contributed by atoms with Crippen molar-refractivity contribution < 1.29 is 4.74 Å². The molecule has 2 N–H and O–H groups in total. The first-order valence-electron chi connectivity index (χ1n) is 6.36. The van der Waals surface area contributed by atoms with Crippen LogP contribution in [0.15, 0.2) is 36.4 Å². The quantitative estimate of drug-likeness (QED) is 0.772. The Labute approximate surface area is 107 Å². The lowest BCUT2D eigenvalue weighted by Gasteiger charge is -2.18. The number of anilines is 1. The van der Waals surface area contributed by atoms with Crippen LogP contribution in [-0.2, 0) is 6.42 Å². The summed E-state index contributed by atoms with van der Waals surface area (Å²) in [5, 5.41) is 0. The molecular formula is C16H17NO. The Kier molecular flexibility index (Phi) is 2.71. The fourth-order valence-electron chi connectivity index (χ4n) is 2.48. The molecule has 18 heavy (non-hydrogen) atoms. The summed E-state index contributed by atoms with van der Waals surface area (Å²) in [4.78, 5) is 0. The third kappa shape index (κ3) is 1.94. The van der Waals surface area contributed by atoms with Gasteiger partial charge in [-0.3, -0.25) is 0 Å². The van der Waals surface area contributed by atoms with Gasteiger partial charge >= 0.3 is 0 Å². The third-order valence-corrected chi connectivity index (χ3v) is 3.48. The van der Waals surface area contributed by atoms with E-state index in [1.165, 1.54) is 22.3 Å². The van der Waals surface area contributed by atoms with Gasteiger partial charge in [0, 0.05) is 5.69 Å². The van der Waals surface area contributed by atoms with Crippen LogP contribution in [0.4, 0.5) is 5.69 Å². The normalized spacial score (nSPS) is 13.8. The van der Waals surface area contributed by atoms with Gasteiger partial charge in [-0.25, -0.2) is 0 Å². The Morgan fingerprint density at radius 3 is 2.89 bits per heavy atom. The minimum atomic E-state index is 0.810. The molecule has 2 heteroatoms. The Bertz CT molecular complexity index is 590. The standard InChI is InChI=1S/C16H17NO/c1-11-4-6-14(17)10-15(11)12-5-7-16-13(9-12)3-2-8-18-16/h4-7,9-10H,2-3,8,17H2,1H3. The second-order valence-electron chi connectivity index (χ2n) is 4.85. The van der Waals surface area contributed by atoms with E-state index in [4.69, 9.17) is 10.5 Å². The van der Waals surface area contributed by atoms with Crippen molar-refractivity contribution in [3.8, 4) is 16.9 Å². The first-order chi connectivity index (χ1) is 8.74. The highest BCUT2D eigenvalue weighted by atomic mass is 16.5. The maximum Gasteiger partial charge on any atom is 0.122 e. The Morgan fingerprint density at radius 1 is 1.11 bits per heavy atom. The van der Waals surface area contributed by atoms with Crippen LogP contribution in [-0.4, -0.2) is 6.61 Å². The van der Waals surface area contributed by atoms with E-state index in [0.717, 1.165) is 30.9 Å². The highest BCUT2D eigenvalue weighted by molar-refractivity contribution is 5.72. The first kappa shape index (κ1) is 11.1. The second-order valence-corrected chi connectivity index (χ2v) is 4.85. The van der Waals surface area contributed by atoms with E-state index < -0.39 is 0 Å². The van der Waals surface area contributed by atoms with Crippen LogP contribution in [0.2, 0.25) is 0 Å². The number of nitrogens with two attached hydrogens (primary N) is 1. The summed E-state index contributed by atoms with van der Waals surface area (Å²) in [6, 6.07) is 12.5. The summed E-state index contributed by atoms with van der Waals surface area (Å²) >= 11 is 0. The number of nitrogen functional groups attached to an aromatic ring is 1. The molecule has 0 radical (unpaired) electrons. The van der Waals surface area contributed by atoms with Gasteiger partial charge in [0.1, 0.15) is 5.75 Å². The molecule has 3 rings (SSSR count). The average molecular weight is 239 g/mol. The van der Waals surface area contributed by atoms with Gasteiger partial charge in [0.15, 0.2) is 0 Å². The molecule has 1 aliphatic rings. The van der Waals surface area contributed by atoms with E-state index in [2.05, 4.69) is 31.2 Å². The van der Waals surface area contributed by atoms with Gasteiger partial charge in [-0.15, -0.1) is 0 Å². The van der Waals surface area contributed by atoms with E-state index in [1.807, 2.05) is 12.1 Å². The lowest BCUT2D eigenvalue weighted by molar-refractivity contribution is 0.288. The van der Waals surface area contributed by atoms with Crippen LogP contribution in [0.1, 0.15) is 17.5 Å². The van der Waals surface area contributed by atoms with Crippen molar-refractivity contribution in [3.05, 3.63) is 47.5 Å². The molecule has 1 heterocycles. The third-order valence-electron chi connectivity index (χ3n) is 3.48. The molecule has 0 spiro atoms. The van der Waals surface area contributed by atoms with Gasteiger partial charge in [0.25, 0.3) is 0 Å². The minimum absolute atomic E-state index is 0.810. The van der Waals surface area contributed by atoms with Gasteiger partial charge in [-0.2, -0.15) is 0 Å². The molecule has 1 aliphatic heterocycles. The number of aryl methyl sites for hydroxylation is 2. The van der Waals surface area contributed by atoms with E-state index in [1.54, 1.807) is 0 Å². The Morgan fingerprint density at radius 2 is 2.00 bits per heavy atom. The molecule has 2 aromatic carbocycles. The first-order valence-corrected chi connectivity index (χ1v) is 6.36. The van der Waals surface area contributed by atoms with Crippen molar-refractivity contribution in [2.24, 2.45) is 0 Å². The molecule has 0 aromatic heterocycles. The molecular weight excluding hydrogens is 222 g/mol. The van der Waals surface area contributed by atoms with Gasteiger partial charge in [-0.1, -0.05) is 12.1 Å². The maximum atomic E-state index is 5.88. The molecule has 0 saturated carbocycles. The molecule has 2 nitrogen and oxygen atoms in total. The van der Waals surface area contributed by atoms with E-state index in [-0.39, 0.29) is 0 Å². The van der Waals surface area contributed by atoms with Gasteiger partial charge in [0.2, 0.25) is 0 Å². The zero-order valence-corrected chi connectivity index (χ0v) is 10.6. The zero-order chi connectivity index (χ0) is 12.5. The van der Waals surface area contributed by atoms with Crippen LogP contribution < -0.4 is 10.5 Å². The molecule has 0 aliphatic carbocycles. The van der Waals surface area contributed by atoms with E-state index in [0.29, 0.717) is 0 Å². The molecule has 92 valence electrons. The van der Waals surface area contributed by atoms with Crippen LogP contribution in [0.5, 0.6) is 5.75 Å². The summed E-state index contributed by atoms with van der Waals surface area (Å²) in [6.07, 6.45) is 2.21. The van der Waals surface area contributed by atoms with Crippen LogP contribution in [0.25, 0.3) is 11.1 Å². The van der Waals surface area contributed by atoms with Gasteiger partial charge < -0.3 is 10.5 Å². The second kappa shape index (κ2) is 4.37. The lowest BCUT2D eigenvalue weighted by Crippen LogP contribution is -2.08. The largest absolute Gasteiger partial charge is 0.493 e. The molecule has 0 bridgehead atoms. The molecule has 0 fully saturated rings. The predicted octanol–water partition coefficient (Wildman–Crippen LogP) is 3.57. The topological polar surface area (TPSA) is 35.2 Å². The van der Waals surface area contributed by atoms with Crippen LogP contribution in [0, 0.1) is 6.92 Å². The zero-order valence-electron chi connectivity index (χ0n) is 10.6. The van der Waals surface area contributed by atoms with Crippen molar-refractivity contribution >= 4 is 5.69 Å². The number of fused-ring (bicyclic) bond motifs is 1. The van der Waals surface area contributed by atoms with Gasteiger partial charge in [0.05, 0.1) is 6.61 Å². The van der Waals surface area contributed by atoms with Crippen molar-refractivity contribution in [3.63, 3.8) is 0 Å². The molecule has 0 saturated heterocycles.